The third-order valence-corrected chi connectivity index (χ3v) is 4.66. The molecule has 0 spiro atoms. The summed E-state index contributed by atoms with van der Waals surface area (Å²) >= 11 is 0. The molecule has 0 fully saturated rings. The van der Waals surface area contributed by atoms with Gasteiger partial charge in [0, 0.05) is 18.3 Å². The summed E-state index contributed by atoms with van der Waals surface area (Å²) in [4.78, 5) is 34.2. The second-order valence-corrected chi connectivity index (χ2v) is 6.45. The van der Waals surface area contributed by atoms with Gasteiger partial charge in [0.05, 0.1) is 17.8 Å². The Balaban J connectivity index is 1.60. The Morgan fingerprint density at radius 1 is 1.22 bits per heavy atom. The summed E-state index contributed by atoms with van der Waals surface area (Å²) in [5.41, 5.74) is 8.29. The molecule has 2 aromatic heterocycles. The van der Waals surface area contributed by atoms with Crippen LogP contribution in [0.2, 0.25) is 0 Å². The zero-order valence-corrected chi connectivity index (χ0v) is 14.8. The van der Waals surface area contributed by atoms with Crippen LogP contribution in [-0.2, 0) is 13.0 Å². The highest BCUT2D eigenvalue weighted by Gasteiger charge is 2.26. The SMILES string of the molecule is Cc1oc(-c2ccccc2)cc1C(=O)N1CCc2cnc(C(N)=O)nc2C1. The molecule has 4 rings (SSSR count). The van der Waals surface area contributed by atoms with Gasteiger partial charge >= 0.3 is 0 Å². The van der Waals surface area contributed by atoms with Crippen LogP contribution in [0.3, 0.4) is 0 Å². The highest BCUT2D eigenvalue weighted by Crippen LogP contribution is 2.27. The number of fused-ring (bicyclic) bond motifs is 1. The number of hydrogen-bond acceptors (Lipinski definition) is 5. The number of furan rings is 1. The van der Waals surface area contributed by atoms with Gasteiger partial charge in [0.15, 0.2) is 0 Å². The van der Waals surface area contributed by atoms with Crippen molar-refractivity contribution in [1.82, 2.24) is 14.9 Å². The van der Waals surface area contributed by atoms with Gasteiger partial charge in [-0.1, -0.05) is 30.3 Å². The van der Waals surface area contributed by atoms with E-state index in [1.807, 2.05) is 30.3 Å². The molecule has 7 heteroatoms. The number of aryl methyl sites for hydroxylation is 1. The Bertz CT molecular complexity index is 1030. The van der Waals surface area contributed by atoms with Crippen molar-refractivity contribution in [2.24, 2.45) is 5.73 Å². The number of primary amides is 1. The van der Waals surface area contributed by atoms with Gasteiger partial charge in [-0.05, 0) is 25.0 Å². The Labute approximate surface area is 155 Å². The monoisotopic (exact) mass is 362 g/mol. The summed E-state index contributed by atoms with van der Waals surface area (Å²) in [6.07, 6.45) is 2.24. The Morgan fingerprint density at radius 2 is 2.00 bits per heavy atom. The lowest BCUT2D eigenvalue weighted by molar-refractivity contribution is 0.0730. The molecule has 0 bridgehead atoms. The van der Waals surface area contributed by atoms with Crippen molar-refractivity contribution in [3.8, 4) is 11.3 Å². The van der Waals surface area contributed by atoms with Crippen molar-refractivity contribution in [3.63, 3.8) is 0 Å². The molecule has 0 unspecified atom stereocenters. The standard InChI is InChI=1S/C20H18N4O3/c1-12-15(9-17(27-12)13-5-3-2-4-6-13)20(26)24-8-7-14-10-22-19(18(21)25)23-16(14)11-24/h2-6,9-10H,7-8,11H2,1H3,(H2,21,25). The maximum Gasteiger partial charge on any atom is 0.286 e. The number of carbonyl (C=O) groups is 2. The Hall–Kier alpha value is -3.48. The first-order valence-electron chi connectivity index (χ1n) is 8.62. The fraction of sp³-hybridized carbons (Fsp3) is 0.200. The van der Waals surface area contributed by atoms with Gasteiger partial charge in [-0.25, -0.2) is 9.97 Å². The lowest BCUT2D eigenvalue weighted by Crippen LogP contribution is -2.37. The summed E-state index contributed by atoms with van der Waals surface area (Å²) in [7, 11) is 0. The first-order valence-corrected chi connectivity index (χ1v) is 8.62. The summed E-state index contributed by atoms with van der Waals surface area (Å²) in [6.45, 7) is 2.64. The van der Waals surface area contributed by atoms with E-state index in [0.717, 1.165) is 11.1 Å². The second kappa shape index (κ2) is 6.68. The molecular formula is C20H18N4O3. The van der Waals surface area contributed by atoms with Gasteiger partial charge < -0.3 is 15.1 Å². The zero-order valence-electron chi connectivity index (χ0n) is 14.8. The van der Waals surface area contributed by atoms with Gasteiger partial charge in [-0.2, -0.15) is 0 Å². The second-order valence-electron chi connectivity index (χ2n) is 6.45. The van der Waals surface area contributed by atoms with Gasteiger partial charge in [0.1, 0.15) is 11.5 Å². The van der Waals surface area contributed by atoms with Crippen LogP contribution in [0.15, 0.2) is 47.0 Å². The minimum Gasteiger partial charge on any atom is -0.461 e. The van der Waals surface area contributed by atoms with E-state index in [1.165, 1.54) is 0 Å². The zero-order chi connectivity index (χ0) is 19.0. The maximum absolute atomic E-state index is 13.0. The largest absolute Gasteiger partial charge is 0.461 e. The molecule has 0 aliphatic carbocycles. The molecule has 7 nitrogen and oxygen atoms in total. The fourth-order valence-corrected chi connectivity index (χ4v) is 3.20. The average Bonchev–Trinajstić information content (AvgIpc) is 3.09. The quantitative estimate of drug-likeness (QED) is 0.770. The van der Waals surface area contributed by atoms with Crippen molar-refractivity contribution in [3.05, 3.63) is 71.0 Å². The smallest absolute Gasteiger partial charge is 0.286 e. The Morgan fingerprint density at radius 3 is 2.74 bits per heavy atom. The summed E-state index contributed by atoms with van der Waals surface area (Å²) in [5, 5.41) is 0. The van der Waals surface area contributed by atoms with E-state index >= 15 is 0 Å². The molecule has 1 aliphatic rings. The van der Waals surface area contributed by atoms with Crippen molar-refractivity contribution >= 4 is 11.8 Å². The van der Waals surface area contributed by atoms with Crippen molar-refractivity contribution in [2.45, 2.75) is 19.9 Å². The molecule has 0 saturated carbocycles. The third-order valence-electron chi connectivity index (χ3n) is 4.66. The maximum atomic E-state index is 13.0. The van der Waals surface area contributed by atoms with Gasteiger partial charge in [-0.15, -0.1) is 0 Å². The molecule has 3 heterocycles. The number of benzene rings is 1. The molecule has 0 atom stereocenters. The van der Waals surface area contributed by atoms with E-state index in [-0.39, 0.29) is 11.7 Å². The minimum atomic E-state index is -0.681. The van der Waals surface area contributed by atoms with Crippen LogP contribution in [0.1, 0.15) is 38.0 Å². The van der Waals surface area contributed by atoms with Crippen LogP contribution < -0.4 is 5.73 Å². The molecule has 2 amide bonds. The van der Waals surface area contributed by atoms with Crippen LogP contribution in [0.4, 0.5) is 0 Å². The van der Waals surface area contributed by atoms with Gasteiger partial charge in [-0.3, -0.25) is 9.59 Å². The molecule has 2 N–H and O–H groups in total. The molecule has 27 heavy (non-hydrogen) atoms. The lowest BCUT2D eigenvalue weighted by Gasteiger charge is -2.27. The van der Waals surface area contributed by atoms with Crippen LogP contribution in [0.25, 0.3) is 11.3 Å². The highest BCUT2D eigenvalue weighted by molar-refractivity contribution is 5.96. The van der Waals surface area contributed by atoms with Crippen molar-refractivity contribution < 1.29 is 14.0 Å². The molecular weight excluding hydrogens is 344 g/mol. The van der Waals surface area contributed by atoms with E-state index in [1.54, 1.807) is 24.1 Å². The number of amides is 2. The summed E-state index contributed by atoms with van der Waals surface area (Å²) in [6, 6.07) is 11.4. The first-order chi connectivity index (χ1) is 13.0. The Kier molecular flexibility index (Phi) is 4.19. The number of nitrogens with two attached hydrogens (primary N) is 1. The number of rotatable bonds is 3. The molecule has 136 valence electrons. The molecule has 1 aromatic carbocycles. The summed E-state index contributed by atoms with van der Waals surface area (Å²) in [5.74, 6) is 0.397. The van der Waals surface area contributed by atoms with E-state index in [0.29, 0.717) is 42.3 Å². The number of carbonyl (C=O) groups excluding carboxylic acids is 2. The van der Waals surface area contributed by atoms with Crippen molar-refractivity contribution in [1.29, 1.82) is 0 Å². The number of hydrogen-bond donors (Lipinski definition) is 1. The van der Waals surface area contributed by atoms with E-state index in [2.05, 4.69) is 9.97 Å². The number of aromatic nitrogens is 2. The van der Waals surface area contributed by atoms with E-state index in [9.17, 15) is 9.59 Å². The van der Waals surface area contributed by atoms with E-state index < -0.39 is 5.91 Å². The fourth-order valence-electron chi connectivity index (χ4n) is 3.20. The van der Waals surface area contributed by atoms with E-state index in [4.69, 9.17) is 10.2 Å². The molecule has 0 saturated heterocycles. The lowest BCUT2D eigenvalue weighted by atomic mass is 10.1. The molecule has 3 aromatic rings. The average molecular weight is 362 g/mol. The van der Waals surface area contributed by atoms with Crippen molar-refractivity contribution in [2.75, 3.05) is 6.54 Å². The van der Waals surface area contributed by atoms with Crippen LogP contribution in [0, 0.1) is 6.92 Å². The third kappa shape index (κ3) is 3.19. The molecule has 0 radical (unpaired) electrons. The van der Waals surface area contributed by atoms with Gasteiger partial charge in [0.25, 0.3) is 11.8 Å². The topological polar surface area (TPSA) is 102 Å². The predicted octanol–water partition coefficient (Wildman–Crippen LogP) is 2.34. The summed E-state index contributed by atoms with van der Waals surface area (Å²) < 4.78 is 5.80. The predicted molar refractivity (Wildman–Crippen MR) is 97.9 cm³/mol. The normalized spacial score (nSPS) is 13.3. The van der Waals surface area contributed by atoms with Gasteiger partial charge in [0.2, 0.25) is 5.82 Å². The number of nitrogens with zero attached hydrogens (tertiary/aromatic N) is 3. The molecule has 1 aliphatic heterocycles. The van der Waals surface area contributed by atoms with Crippen LogP contribution >= 0.6 is 0 Å². The van der Waals surface area contributed by atoms with Crippen LogP contribution in [-0.4, -0.2) is 33.2 Å². The minimum absolute atomic E-state index is 0.0334. The van der Waals surface area contributed by atoms with Crippen LogP contribution in [0.5, 0.6) is 0 Å². The highest BCUT2D eigenvalue weighted by atomic mass is 16.3. The first kappa shape index (κ1) is 17.0.